The van der Waals surface area contributed by atoms with Crippen LogP contribution in [-0.2, 0) is 0 Å². The molecular formula is C12H11FN2. The number of nitrogens with two attached hydrogens (primary N) is 1. The maximum Gasteiger partial charge on any atom is 0.126 e. The minimum absolute atomic E-state index is 0.215. The lowest BCUT2D eigenvalue weighted by Gasteiger charge is -2.05. The molecule has 0 fully saturated rings. The molecular weight excluding hydrogens is 191 g/mol. The fraction of sp³-hybridized carbons (Fsp3) is 0.0833. The van der Waals surface area contributed by atoms with Crippen LogP contribution in [0.15, 0.2) is 36.5 Å². The molecule has 0 bridgehead atoms. The van der Waals surface area contributed by atoms with Crippen molar-refractivity contribution in [2.45, 2.75) is 6.92 Å². The Morgan fingerprint density at radius 1 is 1.27 bits per heavy atom. The summed E-state index contributed by atoms with van der Waals surface area (Å²) < 4.78 is 13.1. The van der Waals surface area contributed by atoms with Gasteiger partial charge in [-0.2, -0.15) is 0 Å². The number of nitrogens with zero attached hydrogens (tertiary/aromatic N) is 1. The monoisotopic (exact) mass is 202 g/mol. The van der Waals surface area contributed by atoms with E-state index in [0.717, 1.165) is 5.56 Å². The number of benzene rings is 1. The van der Waals surface area contributed by atoms with Crippen LogP contribution in [0.2, 0.25) is 0 Å². The van der Waals surface area contributed by atoms with Crippen molar-refractivity contribution in [2.75, 3.05) is 5.73 Å². The Hall–Kier alpha value is -1.90. The van der Waals surface area contributed by atoms with Gasteiger partial charge in [-0.1, -0.05) is 0 Å². The van der Waals surface area contributed by atoms with Crippen LogP contribution in [0.5, 0.6) is 0 Å². The van der Waals surface area contributed by atoms with Crippen molar-refractivity contribution in [3.63, 3.8) is 0 Å². The second kappa shape index (κ2) is 3.69. The fourth-order valence-corrected chi connectivity index (χ4v) is 1.45. The molecule has 2 N–H and O–H groups in total. The van der Waals surface area contributed by atoms with Crippen LogP contribution < -0.4 is 5.73 Å². The topological polar surface area (TPSA) is 38.9 Å². The zero-order chi connectivity index (χ0) is 10.8. The molecule has 1 heterocycles. The van der Waals surface area contributed by atoms with Crippen molar-refractivity contribution < 1.29 is 4.39 Å². The van der Waals surface area contributed by atoms with Crippen LogP contribution >= 0.6 is 0 Å². The first-order chi connectivity index (χ1) is 7.18. The molecule has 0 atom stereocenters. The van der Waals surface area contributed by atoms with E-state index in [1.807, 2.05) is 0 Å². The number of aromatic nitrogens is 1. The normalized spacial score (nSPS) is 10.3. The van der Waals surface area contributed by atoms with Crippen molar-refractivity contribution in [2.24, 2.45) is 0 Å². The highest BCUT2D eigenvalue weighted by Gasteiger charge is 2.05. The SMILES string of the molecule is Cc1cc(-c2ncccc2N)ccc1F. The zero-order valence-electron chi connectivity index (χ0n) is 8.37. The second-order valence-corrected chi connectivity index (χ2v) is 3.41. The molecule has 0 unspecified atom stereocenters. The molecule has 0 saturated heterocycles. The van der Waals surface area contributed by atoms with Crippen molar-refractivity contribution in [3.05, 3.63) is 47.9 Å². The first-order valence-electron chi connectivity index (χ1n) is 4.65. The van der Waals surface area contributed by atoms with E-state index in [1.165, 1.54) is 6.07 Å². The van der Waals surface area contributed by atoms with Gasteiger partial charge in [0, 0.05) is 11.8 Å². The molecule has 2 aromatic rings. The van der Waals surface area contributed by atoms with Gasteiger partial charge in [-0.15, -0.1) is 0 Å². The van der Waals surface area contributed by atoms with Gasteiger partial charge in [0.25, 0.3) is 0 Å². The smallest absolute Gasteiger partial charge is 0.126 e. The van der Waals surface area contributed by atoms with E-state index < -0.39 is 0 Å². The van der Waals surface area contributed by atoms with Gasteiger partial charge in [0.05, 0.1) is 11.4 Å². The molecule has 2 nitrogen and oxygen atoms in total. The van der Waals surface area contributed by atoms with E-state index in [0.29, 0.717) is 16.9 Å². The Morgan fingerprint density at radius 3 is 2.73 bits per heavy atom. The summed E-state index contributed by atoms with van der Waals surface area (Å²) in [7, 11) is 0. The van der Waals surface area contributed by atoms with Crippen LogP contribution in [-0.4, -0.2) is 4.98 Å². The number of pyridine rings is 1. The number of rotatable bonds is 1. The van der Waals surface area contributed by atoms with Gasteiger partial charge in [0.15, 0.2) is 0 Å². The maximum absolute atomic E-state index is 13.1. The van der Waals surface area contributed by atoms with Gasteiger partial charge in [-0.3, -0.25) is 4.98 Å². The lowest BCUT2D eigenvalue weighted by Crippen LogP contribution is -1.93. The van der Waals surface area contributed by atoms with Crippen molar-refractivity contribution in [3.8, 4) is 11.3 Å². The number of hydrogen-bond acceptors (Lipinski definition) is 2. The molecule has 2 rings (SSSR count). The molecule has 0 amide bonds. The van der Waals surface area contributed by atoms with Gasteiger partial charge >= 0.3 is 0 Å². The van der Waals surface area contributed by atoms with Crippen LogP contribution in [0.4, 0.5) is 10.1 Å². The Balaban J connectivity index is 2.55. The van der Waals surface area contributed by atoms with Gasteiger partial charge in [0.2, 0.25) is 0 Å². The number of halogens is 1. The summed E-state index contributed by atoms with van der Waals surface area (Å²) in [5, 5.41) is 0. The Morgan fingerprint density at radius 2 is 2.07 bits per heavy atom. The first-order valence-corrected chi connectivity index (χ1v) is 4.65. The third-order valence-corrected chi connectivity index (χ3v) is 2.27. The lowest BCUT2D eigenvalue weighted by atomic mass is 10.1. The summed E-state index contributed by atoms with van der Waals surface area (Å²) in [5.41, 5.74) is 8.51. The lowest BCUT2D eigenvalue weighted by molar-refractivity contribution is 0.619. The maximum atomic E-state index is 13.1. The molecule has 0 aliphatic rings. The zero-order valence-corrected chi connectivity index (χ0v) is 8.37. The third-order valence-electron chi connectivity index (χ3n) is 2.27. The predicted molar refractivity (Wildman–Crippen MR) is 58.8 cm³/mol. The molecule has 15 heavy (non-hydrogen) atoms. The Kier molecular flexibility index (Phi) is 2.37. The highest BCUT2D eigenvalue weighted by molar-refractivity contribution is 5.72. The fourth-order valence-electron chi connectivity index (χ4n) is 1.45. The molecule has 0 saturated carbocycles. The molecule has 0 aliphatic carbocycles. The molecule has 3 heteroatoms. The summed E-state index contributed by atoms with van der Waals surface area (Å²) >= 11 is 0. The minimum atomic E-state index is -0.215. The van der Waals surface area contributed by atoms with Crippen LogP contribution in [0.1, 0.15) is 5.56 Å². The number of nitrogen functional groups attached to an aromatic ring is 1. The first kappa shape index (κ1) is 9.65. The van der Waals surface area contributed by atoms with Crippen molar-refractivity contribution in [1.29, 1.82) is 0 Å². The summed E-state index contributed by atoms with van der Waals surface area (Å²) in [6.45, 7) is 1.72. The van der Waals surface area contributed by atoms with E-state index >= 15 is 0 Å². The molecule has 0 radical (unpaired) electrons. The van der Waals surface area contributed by atoms with E-state index in [-0.39, 0.29) is 5.82 Å². The summed E-state index contributed by atoms with van der Waals surface area (Å²) in [6.07, 6.45) is 1.67. The molecule has 0 aliphatic heterocycles. The molecule has 76 valence electrons. The van der Waals surface area contributed by atoms with Gasteiger partial charge in [-0.05, 0) is 42.8 Å². The summed E-state index contributed by atoms with van der Waals surface area (Å²) in [4.78, 5) is 4.17. The van der Waals surface area contributed by atoms with Crippen molar-refractivity contribution in [1.82, 2.24) is 4.98 Å². The standard InChI is InChI=1S/C12H11FN2/c1-8-7-9(4-5-10(8)13)12-11(14)3-2-6-15-12/h2-7H,14H2,1H3. The molecule has 1 aromatic carbocycles. The predicted octanol–water partition coefficient (Wildman–Crippen LogP) is 2.78. The van der Waals surface area contributed by atoms with E-state index in [2.05, 4.69) is 4.98 Å². The van der Waals surface area contributed by atoms with Crippen LogP contribution in [0.25, 0.3) is 11.3 Å². The Bertz CT molecular complexity index is 495. The molecule has 1 aromatic heterocycles. The van der Waals surface area contributed by atoms with Crippen LogP contribution in [0.3, 0.4) is 0 Å². The second-order valence-electron chi connectivity index (χ2n) is 3.41. The van der Waals surface area contributed by atoms with E-state index in [4.69, 9.17) is 5.73 Å². The highest BCUT2D eigenvalue weighted by Crippen LogP contribution is 2.24. The van der Waals surface area contributed by atoms with Crippen molar-refractivity contribution >= 4 is 5.69 Å². The van der Waals surface area contributed by atoms with E-state index in [9.17, 15) is 4.39 Å². The summed E-state index contributed by atoms with van der Waals surface area (Å²) in [6, 6.07) is 8.41. The van der Waals surface area contributed by atoms with Crippen LogP contribution in [0, 0.1) is 12.7 Å². The van der Waals surface area contributed by atoms with Gasteiger partial charge in [0.1, 0.15) is 5.82 Å². The van der Waals surface area contributed by atoms with Gasteiger partial charge < -0.3 is 5.73 Å². The largest absolute Gasteiger partial charge is 0.397 e. The number of anilines is 1. The van der Waals surface area contributed by atoms with Gasteiger partial charge in [-0.25, -0.2) is 4.39 Å². The average molecular weight is 202 g/mol. The minimum Gasteiger partial charge on any atom is -0.397 e. The number of aryl methyl sites for hydroxylation is 1. The third kappa shape index (κ3) is 1.81. The number of hydrogen-bond donors (Lipinski definition) is 1. The quantitative estimate of drug-likeness (QED) is 0.772. The highest BCUT2D eigenvalue weighted by atomic mass is 19.1. The van der Waals surface area contributed by atoms with E-state index in [1.54, 1.807) is 37.4 Å². The molecule has 0 spiro atoms. The Labute approximate surface area is 87.6 Å². The summed E-state index contributed by atoms with van der Waals surface area (Å²) in [5.74, 6) is -0.215. The average Bonchev–Trinajstić information content (AvgIpc) is 2.23.